The van der Waals surface area contributed by atoms with Gasteiger partial charge in [-0.15, -0.1) is 0 Å². The number of hydrogen-bond acceptors (Lipinski definition) is 2. The second kappa shape index (κ2) is 5.42. The summed E-state index contributed by atoms with van der Waals surface area (Å²) in [5, 5.41) is 11.6. The van der Waals surface area contributed by atoms with Crippen LogP contribution in [0.25, 0.3) is 0 Å². The van der Waals surface area contributed by atoms with Gasteiger partial charge in [-0.1, -0.05) is 6.07 Å². The summed E-state index contributed by atoms with van der Waals surface area (Å²) in [5.41, 5.74) is -3.10. The van der Waals surface area contributed by atoms with Gasteiger partial charge in [-0.3, -0.25) is 9.59 Å². The highest BCUT2D eigenvalue weighted by Crippen LogP contribution is 2.31. The van der Waals surface area contributed by atoms with Crippen molar-refractivity contribution in [3.8, 4) is 0 Å². The van der Waals surface area contributed by atoms with E-state index in [-0.39, 0.29) is 5.56 Å². The summed E-state index contributed by atoms with van der Waals surface area (Å²) in [6.45, 7) is 7.25. The second-order valence-corrected chi connectivity index (χ2v) is 6.06. The van der Waals surface area contributed by atoms with Crippen LogP contribution in [-0.4, -0.2) is 22.5 Å². The van der Waals surface area contributed by atoms with Crippen LogP contribution in [0.3, 0.4) is 0 Å². The third-order valence-electron chi connectivity index (χ3n) is 4.03. The number of benzene rings is 1. The summed E-state index contributed by atoms with van der Waals surface area (Å²) in [5.74, 6) is -4.04. The van der Waals surface area contributed by atoms with Gasteiger partial charge >= 0.3 is 5.97 Å². The monoisotopic (exact) mass is 299 g/mol. The molecule has 1 aromatic carbocycles. The minimum atomic E-state index is -1.32. The molecule has 0 fully saturated rings. The van der Waals surface area contributed by atoms with E-state index in [9.17, 15) is 23.5 Å². The highest BCUT2D eigenvalue weighted by atomic mass is 19.1. The molecule has 0 aromatic heterocycles. The number of amides is 1. The molecule has 0 saturated carbocycles. The van der Waals surface area contributed by atoms with Gasteiger partial charge < -0.3 is 10.4 Å². The molecule has 0 aliphatic carbocycles. The lowest BCUT2D eigenvalue weighted by molar-refractivity contribution is -0.150. The summed E-state index contributed by atoms with van der Waals surface area (Å²) in [4.78, 5) is 23.4. The molecule has 116 valence electrons. The number of carboxylic acids is 1. The number of aryl methyl sites for hydroxylation is 1. The van der Waals surface area contributed by atoms with Crippen molar-refractivity contribution in [2.45, 2.75) is 40.2 Å². The predicted molar refractivity (Wildman–Crippen MR) is 74.1 cm³/mol. The van der Waals surface area contributed by atoms with E-state index in [2.05, 4.69) is 5.32 Å². The fourth-order valence-electron chi connectivity index (χ4n) is 1.63. The number of carboxylic acid groups (broad SMARTS) is 1. The summed E-state index contributed by atoms with van der Waals surface area (Å²) in [6.07, 6.45) is 0. The molecule has 1 aromatic rings. The van der Waals surface area contributed by atoms with Crippen LogP contribution in [0.1, 0.15) is 43.6 Å². The van der Waals surface area contributed by atoms with Crippen molar-refractivity contribution < 1.29 is 23.5 Å². The third-order valence-corrected chi connectivity index (χ3v) is 4.03. The molecule has 1 amide bonds. The fourth-order valence-corrected chi connectivity index (χ4v) is 1.63. The summed E-state index contributed by atoms with van der Waals surface area (Å²) < 4.78 is 27.6. The zero-order valence-corrected chi connectivity index (χ0v) is 12.7. The summed E-state index contributed by atoms with van der Waals surface area (Å²) in [7, 11) is 0. The van der Waals surface area contributed by atoms with Gasteiger partial charge in [0.15, 0.2) is 0 Å². The lowest BCUT2D eigenvalue weighted by Gasteiger charge is -2.38. The number of carbonyl (C=O) groups is 2. The number of halogens is 2. The van der Waals surface area contributed by atoms with Crippen molar-refractivity contribution in [3.63, 3.8) is 0 Å². The maximum atomic E-state index is 13.9. The van der Waals surface area contributed by atoms with Gasteiger partial charge in [0.1, 0.15) is 17.2 Å². The van der Waals surface area contributed by atoms with Gasteiger partial charge in [0, 0.05) is 0 Å². The Labute approximate surface area is 122 Å². The Balaban J connectivity index is 3.18. The van der Waals surface area contributed by atoms with Crippen molar-refractivity contribution in [1.29, 1.82) is 0 Å². The molecule has 0 spiro atoms. The van der Waals surface area contributed by atoms with Gasteiger partial charge in [-0.25, -0.2) is 8.78 Å². The molecule has 4 nitrogen and oxygen atoms in total. The zero-order chi connectivity index (χ0) is 16.6. The standard InChI is InChI=1S/C15H19F2NO3/c1-8-6-7-9(16)10(11(8)17)12(19)18-15(4,5)14(2,3)13(20)21/h6-7H,1-5H3,(H,18,19)(H,20,21). The van der Waals surface area contributed by atoms with E-state index < -0.39 is 40.0 Å². The van der Waals surface area contributed by atoms with E-state index in [0.717, 1.165) is 6.07 Å². The molecule has 0 bridgehead atoms. The van der Waals surface area contributed by atoms with Crippen molar-refractivity contribution in [2.24, 2.45) is 5.41 Å². The second-order valence-electron chi connectivity index (χ2n) is 6.06. The smallest absolute Gasteiger partial charge is 0.311 e. The van der Waals surface area contributed by atoms with Crippen LogP contribution >= 0.6 is 0 Å². The number of hydrogen-bond donors (Lipinski definition) is 2. The van der Waals surface area contributed by atoms with Gasteiger partial charge in [-0.2, -0.15) is 0 Å². The molecular formula is C15H19F2NO3. The average Bonchev–Trinajstić information content (AvgIpc) is 2.33. The highest BCUT2D eigenvalue weighted by molar-refractivity contribution is 5.96. The zero-order valence-electron chi connectivity index (χ0n) is 12.7. The maximum Gasteiger partial charge on any atom is 0.311 e. The van der Waals surface area contributed by atoms with Crippen LogP contribution in [0.4, 0.5) is 8.78 Å². The summed E-state index contributed by atoms with van der Waals surface area (Å²) in [6, 6.07) is 2.23. The minimum absolute atomic E-state index is 0.136. The van der Waals surface area contributed by atoms with Crippen molar-refractivity contribution in [2.75, 3.05) is 0 Å². The van der Waals surface area contributed by atoms with Crippen LogP contribution in [-0.2, 0) is 4.79 Å². The molecular weight excluding hydrogens is 280 g/mol. The van der Waals surface area contributed by atoms with E-state index in [4.69, 9.17) is 0 Å². The Bertz CT molecular complexity index is 595. The van der Waals surface area contributed by atoms with E-state index in [1.807, 2.05) is 0 Å². The van der Waals surface area contributed by atoms with Gasteiger partial charge in [-0.05, 0) is 46.2 Å². The van der Waals surface area contributed by atoms with Gasteiger partial charge in [0.05, 0.1) is 11.0 Å². The first-order chi connectivity index (χ1) is 9.41. The minimum Gasteiger partial charge on any atom is -0.481 e. The van der Waals surface area contributed by atoms with Crippen LogP contribution < -0.4 is 5.32 Å². The molecule has 0 atom stereocenters. The topological polar surface area (TPSA) is 66.4 Å². The van der Waals surface area contributed by atoms with E-state index in [1.165, 1.54) is 40.7 Å². The quantitative estimate of drug-likeness (QED) is 0.898. The fraction of sp³-hybridized carbons (Fsp3) is 0.467. The van der Waals surface area contributed by atoms with Gasteiger partial charge in [0.25, 0.3) is 5.91 Å². The Morgan fingerprint density at radius 2 is 1.67 bits per heavy atom. The van der Waals surface area contributed by atoms with Crippen molar-refractivity contribution >= 4 is 11.9 Å². The number of nitrogens with one attached hydrogen (secondary N) is 1. The number of carbonyl (C=O) groups excluding carboxylic acids is 1. The Morgan fingerprint density at radius 3 is 2.14 bits per heavy atom. The van der Waals surface area contributed by atoms with Crippen molar-refractivity contribution in [3.05, 3.63) is 34.9 Å². The van der Waals surface area contributed by atoms with Gasteiger partial charge in [0.2, 0.25) is 0 Å². The summed E-state index contributed by atoms with van der Waals surface area (Å²) >= 11 is 0. The largest absolute Gasteiger partial charge is 0.481 e. The Hall–Kier alpha value is -1.98. The molecule has 6 heteroatoms. The molecule has 0 radical (unpaired) electrons. The van der Waals surface area contributed by atoms with Crippen LogP contribution in [0.5, 0.6) is 0 Å². The molecule has 2 N–H and O–H groups in total. The lowest BCUT2D eigenvalue weighted by Crippen LogP contribution is -2.57. The van der Waals surface area contributed by atoms with E-state index in [1.54, 1.807) is 0 Å². The molecule has 0 unspecified atom stereocenters. The predicted octanol–water partition coefficient (Wildman–Crippen LogP) is 2.89. The number of aliphatic carboxylic acids is 1. The Morgan fingerprint density at radius 1 is 1.14 bits per heavy atom. The first kappa shape index (κ1) is 17.1. The highest BCUT2D eigenvalue weighted by Gasteiger charge is 2.45. The van der Waals surface area contributed by atoms with Crippen LogP contribution in [0, 0.1) is 24.0 Å². The first-order valence-electron chi connectivity index (χ1n) is 6.42. The first-order valence-corrected chi connectivity index (χ1v) is 6.42. The van der Waals surface area contributed by atoms with E-state index in [0.29, 0.717) is 0 Å². The molecule has 0 aliphatic rings. The molecule has 0 aliphatic heterocycles. The molecule has 1 rings (SSSR count). The molecule has 21 heavy (non-hydrogen) atoms. The third kappa shape index (κ3) is 3.04. The SMILES string of the molecule is Cc1ccc(F)c(C(=O)NC(C)(C)C(C)(C)C(=O)O)c1F. The van der Waals surface area contributed by atoms with E-state index >= 15 is 0 Å². The average molecular weight is 299 g/mol. The normalized spacial score (nSPS) is 12.1. The van der Waals surface area contributed by atoms with Crippen molar-refractivity contribution in [1.82, 2.24) is 5.32 Å². The molecule has 0 saturated heterocycles. The van der Waals surface area contributed by atoms with Crippen LogP contribution in [0.15, 0.2) is 12.1 Å². The molecule has 0 heterocycles. The maximum absolute atomic E-state index is 13.9. The Kier molecular flexibility index (Phi) is 4.41. The lowest BCUT2D eigenvalue weighted by atomic mass is 9.74. The number of rotatable bonds is 4. The van der Waals surface area contributed by atoms with Crippen LogP contribution in [0.2, 0.25) is 0 Å².